The van der Waals surface area contributed by atoms with E-state index in [0.29, 0.717) is 0 Å². The fourth-order valence-corrected chi connectivity index (χ4v) is 4.36. The van der Waals surface area contributed by atoms with Crippen LogP contribution in [0.25, 0.3) is 6.08 Å². The second-order valence-electron chi connectivity index (χ2n) is 4.09. The molecule has 0 spiro atoms. The van der Waals surface area contributed by atoms with Gasteiger partial charge in [0, 0.05) is 13.2 Å². The van der Waals surface area contributed by atoms with Gasteiger partial charge in [-0.3, -0.25) is 0 Å². The van der Waals surface area contributed by atoms with Gasteiger partial charge in [-0.2, -0.15) is 0 Å². The summed E-state index contributed by atoms with van der Waals surface area (Å²) >= 11 is 0. The summed E-state index contributed by atoms with van der Waals surface area (Å²) in [7, 11) is -0.270. The normalized spacial score (nSPS) is 14.1. The van der Waals surface area contributed by atoms with Gasteiger partial charge in [0.05, 0.1) is 0 Å². The van der Waals surface area contributed by atoms with E-state index < -0.39 is 8.56 Å². The van der Waals surface area contributed by atoms with E-state index in [1.807, 2.05) is 30.3 Å². The highest BCUT2D eigenvalue weighted by Gasteiger charge is 2.35. The van der Waals surface area contributed by atoms with Crippen molar-refractivity contribution in [3.8, 4) is 5.75 Å². The van der Waals surface area contributed by atoms with E-state index >= 15 is 0 Å². The Morgan fingerprint density at radius 2 is 1.88 bits per heavy atom. The summed E-state index contributed by atoms with van der Waals surface area (Å²) in [5.41, 5.74) is 1.11. The maximum Gasteiger partial charge on any atom is 0.398 e. The van der Waals surface area contributed by atoms with Crippen LogP contribution in [-0.4, -0.2) is 15.7 Å². The lowest BCUT2D eigenvalue weighted by Gasteiger charge is -2.28. The minimum absolute atomic E-state index is 0.902. The first kappa shape index (κ1) is 14.0. The maximum atomic E-state index is 6.12. The Morgan fingerprint density at radius 3 is 2.29 bits per heavy atom. The van der Waals surface area contributed by atoms with Crippen molar-refractivity contribution in [2.24, 2.45) is 0 Å². The Bertz CT molecular complexity index is 342. The van der Waals surface area contributed by atoms with Crippen LogP contribution >= 0.6 is 0 Å². The molecule has 3 heteroatoms. The SMILES string of the molecule is C=Cc1ccc(O[Si](CC)(CCC)OC)cc1. The quantitative estimate of drug-likeness (QED) is 0.674. The van der Waals surface area contributed by atoms with Gasteiger partial charge in [0.1, 0.15) is 5.75 Å². The Morgan fingerprint density at radius 1 is 1.24 bits per heavy atom. The van der Waals surface area contributed by atoms with Gasteiger partial charge in [-0.15, -0.1) is 0 Å². The minimum Gasteiger partial charge on any atom is -0.520 e. The Hall–Kier alpha value is -1.06. The van der Waals surface area contributed by atoms with Crippen LogP contribution < -0.4 is 4.43 Å². The average molecular weight is 250 g/mol. The van der Waals surface area contributed by atoms with E-state index in [0.717, 1.165) is 29.8 Å². The van der Waals surface area contributed by atoms with E-state index in [-0.39, 0.29) is 0 Å². The summed E-state index contributed by atoms with van der Waals surface area (Å²) in [4.78, 5) is 0. The van der Waals surface area contributed by atoms with Crippen LogP contribution in [0.4, 0.5) is 0 Å². The van der Waals surface area contributed by atoms with Gasteiger partial charge >= 0.3 is 8.56 Å². The molecule has 0 aliphatic rings. The van der Waals surface area contributed by atoms with Crippen molar-refractivity contribution in [3.05, 3.63) is 36.4 Å². The van der Waals surface area contributed by atoms with Crippen LogP contribution in [0.3, 0.4) is 0 Å². The summed E-state index contributed by atoms with van der Waals surface area (Å²) in [5, 5.41) is 0. The number of benzene rings is 1. The molecule has 1 unspecified atom stereocenters. The molecule has 1 rings (SSSR count). The van der Waals surface area contributed by atoms with Crippen molar-refractivity contribution in [1.29, 1.82) is 0 Å². The van der Waals surface area contributed by atoms with E-state index in [1.54, 1.807) is 7.11 Å². The highest BCUT2D eigenvalue weighted by atomic mass is 28.4. The fourth-order valence-electron chi connectivity index (χ4n) is 1.86. The van der Waals surface area contributed by atoms with Crippen LogP contribution in [0.15, 0.2) is 30.8 Å². The molecule has 1 aromatic rings. The second kappa shape index (κ2) is 6.62. The van der Waals surface area contributed by atoms with Gasteiger partial charge < -0.3 is 8.85 Å². The molecule has 0 heterocycles. The number of hydrogen-bond acceptors (Lipinski definition) is 2. The van der Waals surface area contributed by atoms with Gasteiger partial charge in [0.25, 0.3) is 0 Å². The standard InChI is InChI=1S/C14H22O2Si/c1-5-12-17(7-3,15-4)16-14-10-8-13(6-2)9-11-14/h6,8-11H,2,5,7,12H2,1,3-4H3. The molecule has 94 valence electrons. The van der Waals surface area contributed by atoms with E-state index in [1.165, 1.54) is 0 Å². The molecule has 0 saturated heterocycles. The third kappa shape index (κ3) is 3.72. The molecule has 0 aliphatic heterocycles. The summed E-state index contributed by atoms with van der Waals surface area (Å²) in [6.07, 6.45) is 2.93. The molecule has 1 aromatic carbocycles. The zero-order valence-electron chi connectivity index (χ0n) is 11.0. The Labute approximate surface area is 106 Å². The van der Waals surface area contributed by atoms with Gasteiger partial charge in [0.15, 0.2) is 0 Å². The average Bonchev–Trinajstić information content (AvgIpc) is 2.39. The molecule has 1 atom stereocenters. The van der Waals surface area contributed by atoms with E-state index in [2.05, 4.69) is 20.4 Å². The van der Waals surface area contributed by atoms with Crippen molar-refractivity contribution in [3.63, 3.8) is 0 Å². The van der Waals surface area contributed by atoms with Crippen molar-refractivity contribution >= 4 is 14.6 Å². The molecule has 0 bridgehead atoms. The van der Waals surface area contributed by atoms with Crippen molar-refractivity contribution < 1.29 is 8.85 Å². The van der Waals surface area contributed by atoms with Crippen molar-refractivity contribution in [2.45, 2.75) is 32.4 Å². The Balaban J connectivity index is 2.81. The predicted molar refractivity (Wildman–Crippen MR) is 75.5 cm³/mol. The fraction of sp³-hybridized carbons (Fsp3) is 0.429. The van der Waals surface area contributed by atoms with Crippen LogP contribution in [0.1, 0.15) is 25.8 Å². The van der Waals surface area contributed by atoms with Crippen molar-refractivity contribution in [2.75, 3.05) is 7.11 Å². The summed E-state index contributed by atoms with van der Waals surface area (Å²) < 4.78 is 11.8. The molecule has 0 aromatic heterocycles. The van der Waals surface area contributed by atoms with Crippen molar-refractivity contribution in [1.82, 2.24) is 0 Å². The minimum atomic E-state index is -2.04. The lowest BCUT2D eigenvalue weighted by molar-refractivity contribution is 0.297. The highest BCUT2D eigenvalue weighted by molar-refractivity contribution is 6.68. The lowest BCUT2D eigenvalue weighted by atomic mass is 10.2. The second-order valence-corrected chi connectivity index (χ2v) is 7.73. The monoisotopic (exact) mass is 250 g/mol. The molecule has 2 nitrogen and oxygen atoms in total. The van der Waals surface area contributed by atoms with Crippen LogP contribution in [-0.2, 0) is 4.43 Å². The van der Waals surface area contributed by atoms with E-state index in [9.17, 15) is 0 Å². The molecule has 0 fully saturated rings. The third-order valence-corrected chi connectivity index (χ3v) is 6.65. The molecule has 0 N–H and O–H groups in total. The van der Waals surface area contributed by atoms with Crippen LogP contribution in [0.5, 0.6) is 5.75 Å². The molecule has 0 aliphatic carbocycles. The number of rotatable bonds is 7. The summed E-state index contributed by atoms with van der Waals surface area (Å²) in [5.74, 6) is 0.902. The smallest absolute Gasteiger partial charge is 0.398 e. The first-order valence-electron chi connectivity index (χ1n) is 6.16. The predicted octanol–water partition coefficient (Wildman–Crippen LogP) is 4.23. The maximum absolute atomic E-state index is 6.12. The largest absolute Gasteiger partial charge is 0.520 e. The first-order valence-corrected chi connectivity index (χ1v) is 8.39. The summed E-state index contributed by atoms with van der Waals surface area (Å²) in [6.45, 7) is 8.05. The zero-order chi connectivity index (χ0) is 12.7. The summed E-state index contributed by atoms with van der Waals surface area (Å²) in [6, 6.07) is 10.0. The molecular weight excluding hydrogens is 228 g/mol. The van der Waals surface area contributed by atoms with Gasteiger partial charge in [-0.25, -0.2) is 0 Å². The molecular formula is C14H22O2Si. The molecule has 0 amide bonds. The number of hydrogen-bond donors (Lipinski definition) is 0. The third-order valence-electron chi connectivity index (χ3n) is 2.96. The zero-order valence-corrected chi connectivity index (χ0v) is 12.0. The molecule has 17 heavy (non-hydrogen) atoms. The van der Waals surface area contributed by atoms with Gasteiger partial charge in [-0.1, -0.05) is 45.1 Å². The van der Waals surface area contributed by atoms with E-state index in [4.69, 9.17) is 8.85 Å². The van der Waals surface area contributed by atoms with Gasteiger partial charge in [-0.05, 0) is 23.7 Å². The topological polar surface area (TPSA) is 18.5 Å². The molecule has 0 saturated carbocycles. The van der Waals surface area contributed by atoms with Crippen LogP contribution in [0.2, 0.25) is 12.1 Å². The molecule has 0 radical (unpaired) electrons. The lowest BCUT2D eigenvalue weighted by Crippen LogP contribution is -2.43. The van der Waals surface area contributed by atoms with Crippen LogP contribution in [0, 0.1) is 0 Å². The Kier molecular flexibility index (Phi) is 5.45. The first-order chi connectivity index (χ1) is 8.19. The highest BCUT2D eigenvalue weighted by Crippen LogP contribution is 2.24. The van der Waals surface area contributed by atoms with Gasteiger partial charge in [0.2, 0.25) is 0 Å².